The Labute approximate surface area is 138 Å². The van der Waals surface area contributed by atoms with Crippen molar-refractivity contribution in [1.82, 2.24) is 0 Å². The van der Waals surface area contributed by atoms with E-state index in [0.29, 0.717) is 0 Å². The molecule has 0 aromatic rings. The molecule has 1 fully saturated rings. The van der Waals surface area contributed by atoms with E-state index in [-0.39, 0.29) is 12.2 Å². The van der Waals surface area contributed by atoms with Crippen molar-refractivity contribution in [3.05, 3.63) is 0 Å². The van der Waals surface area contributed by atoms with E-state index in [1.165, 1.54) is 32.1 Å². The monoisotopic (exact) mass is 362 g/mol. The third kappa shape index (κ3) is 9.38. The van der Waals surface area contributed by atoms with Gasteiger partial charge in [0.15, 0.2) is 0 Å². The smallest absolute Gasteiger partial charge is 0.431 e. The first-order valence-electron chi connectivity index (χ1n) is 8.69. The minimum absolute atomic E-state index is 0.0612. The van der Waals surface area contributed by atoms with E-state index in [4.69, 9.17) is 9.47 Å². The lowest BCUT2D eigenvalue weighted by Gasteiger charge is -2.12. The van der Waals surface area contributed by atoms with Gasteiger partial charge in [0.25, 0.3) is 0 Å². The highest BCUT2D eigenvalue weighted by atomic mass is 79.9. The number of ether oxygens (including phenoxy) is 2. The lowest BCUT2D eigenvalue weighted by molar-refractivity contribution is 0.0184. The first-order valence-corrected chi connectivity index (χ1v) is 9.81. The van der Waals surface area contributed by atoms with Gasteiger partial charge < -0.3 is 9.47 Å². The Morgan fingerprint density at radius 1 is 0.905 bits per heavy atom. The highest BCUT2D eigenvalue weighted by Gasteiger charge is 2.25. The Bertz CT molecular complexity index is 271. The summed E-state index contributed by atoms with van der Waals surface area (Å²) in [5, 5.41) is 1.02. The predicted octanol–water partition coefficient (Wildman–Crippen LogP) is 5.99. The fourth-order valence-electron chi connectivity index (χ4n) is 2.81. The van der Waals surface area contributed by atoms with Gasteiger partial charge in [-0.05, 0) is 44.9 Å². The van der Waals surface area contributed by atoms with Gasteiger partial charge in [-0.3, -0.25) is 0 Å². The van der Waals surface area contributed by atoms with Crippen molar-refractivity contribution in [3.8, 4) is 0 Å². The maximum atomic E-state index is 11.7. The second kappa shape index (κ2) is 12.3. The summed E-state index contributed by atoms with van der Waals surface area (Å²) in [7, 11) is 0. The number of cyclic esters (lactones) is 2. The quantitative estimate of drug-likeness (QED) is 0.257. The van der Waals surface area contributed by atoms with Gasteiger partial charge in [0.05, 0.1) is 0 Å². The van der Waals surface area contributed by atoms with Crippen LogP contribution in [0, 0.1) is 0 Å². The molecule has 0 saturated carbocycles. The van der Waals surface area contributed by atoms with Crippen molar-refractivity contribution in [3.63, 3.8) is 0 Å². The zero-order valence-electron chi connectivity index (χ0n) is 13.4. The van der Waals surface area contributed by atoms with Crippen molar-refractivity contribution >= 4 is 22.1 Å². The maximum absolute atomic E-state index is 11.7. The van der Waals surface area contributed by atoms with Gasteiger partial charge >= 0.3 is 6.16 Å². The number of unbranched alkanes of at least 4 members (excludes halogenated alkanes) is 6. The summed E-state index contributed by atoms with van der Waals surface area (Å²) in [6.07, 6.45) is 13.5. The van der Waals surface area contributed by atoms with Gasteiger partial charge in [-0.25, -0.2) is 4.79 Å². The lowest BCUT2D eigenvalue weighted by atomic mass is 10.0. The molecule has 0 N–H and O–H groups in total. The molecule has 2 unspecified atom stereocenters. The molecule has 1 rings (SSSR count). The summed E-state index contributed by atoms with van der Waals surface area (Å²) in [6.45, 7) is 2.24. The maximum Gasteiger partial charge on any atom is 0.508 e. The summed E-state index contributed by atoms with van der Waals surface area (Å²) >= 11 is 3.43. The van der Waals surface area contributed by atoms with Crippen LogP contribution < -0.4 is 0 Å². The fraction of sp³-hybridized carbons (Fsp3) is 0.941. The van der Waals surface area contributed by atoms with Crippen LogP contribution in [0.3, 0.4) is 0 Å². The van der Waals surface area contributed by atoms with Gasteiger partial charge in [-0.2, -0.15) is 0 Å². The van der Waals surface area contributed by atoms with Crippen molar-refractivity contribution in [1.29, 1.82) is 0 Å². The van der Waals surface area contributed by atoms with Crippen LogP contribution in [0.15, 0.2) is 0 Å². The summed E-state index contributed by atoms with van der Waals surface area (Å²) in [5.74, 6) is 0. The first-order chi connectivity index (χ1) is 10.3. The van der Waals surface area contributed by atoms with Gasteiger partial charge in [-0.1, -0.05) is 55.0 Å². The van der Waals surface area contributed by atoms with Crippen LogP contribution in [-0.2, 0) is 9.47 Å². The normalized spacial score (nSPS) is 22.5. The minimum atomic E-state index is -0.452. The van der Waals surface area contributed by atoms with Crippen LogP contribution in [-0.4, -0.2) is 23.7 Å². The molecule has 0 amide bonds. The Kier molecular flexibility index (Phi) is 11.0. The number of hydrogen-bond acceptors (Lipinski definition) is 3. The minimum Gasteiger partial charge on any atom is -0.431 e. The average Bonchev–Trinajstić information content (AvgIpc) is 2.64. The fourth-order valence-corrected chi connectivity index (χ4v) is 3.21. The third-order valence-corrected chi connectivity index (χ3v) is 4.69. The van der Waals surface area contributed by atoms with E-state index in [1.807, 2.05) is 0 Å². The zero-order chi connectivity index (χ0) is 15.3. The molecule has 1 heterocycles. The first kappa shape index (κ1) is 18.8. The van der Waals surface area contributed by atoms with Crippen LogP contribution in [0.25, 0.3) is 0 Å². The molecule has 0 bridgehead atoms. The largest absolute Gasteiger partial charge is 0.508 e. The molecule has 3 nitrogen and oxygen atoms in total. The molecule has 0 aliphatic carbocycles. The Hall–Kier alpha value is -0.250. The molecule has 1 aliphatic rings. The SMILES string of the molecule is CCCCCCCCC1CCC(CCCCBr)OC(=O)O1. The molecule has 0 spiro atoms. The molecule has 21 heavy (non-hydrogen) atoms. The summed E-state index contributed by atoms with van der Waals surface area (Å²) < 4.78 is 10.8. The van der Waals surface area contributed by atoms with Crippen LogP contribution in [0.5, 0.6) is 0 Å². The van der Waals surface area contributed by atoms with Crippen LogP contribution in [0.2, 0.25) is 0 Å². The van der Waals surface area contributed by atoms with E-state index in [2.05, 4.69) is 22.9 Å². The van der Waals surface area contributed by atoms with Crippen LogP contribution >= 0.6 is 15.9 Å². The highest BCUT2D eigenvalue weighted by molar-refractivity contribution is 9.09. The molecule has 0 aromatic carbocycles. The standard InChI is InChI=1S/C17H31BrO3/c1-2-3-4-5-6-7-10-15-12-13-16(11-8-9-14-18)21-17(19)20-15/h15-16H,2-14H2,1H3. The van der Waals surface area contributed by atoms with E-state index in [9.17, 15) is 4.79 Å². The van der Waals surface area contributed by atoms with E-state index >= 15 is 0 Å². The van der Waals surface area contributed by atoms with E-state index < -0.39 is 6.16 Å². The van der Waals surface area contributed by atoms with Gasteiger partial charge in [0.2, 0.25) is 0 Å². The van der Waals surface area contributed by atoms with Crippen molar-refractivity contribution in [2.75, 3.05) is 5.33 Å². The molecule has 0 aromatic heterocycles. The summed E-state index contributed by atoms with van der Waals surface area (Å²) in [6, 6.07) is 0. The van der Waals surface area contributed by atoms with Crippen LogP contribution in [0.1, 0.15) is 84.0 Å². The molecule has 1 aliphatic heterocycles. The number of hydrogen-bond donors (Lipinski definition) is 0. The van der Waals surface area contributed by atoms with Gasteiger partial charge in [-0.15, -0.1) is 0 Å². The number of carbonyl (C=O) groups is 1. The highest BCUT2D eigenvalue weighted by Crippen LogP contribution is 2.23. The van der Waals surface area contributed by atoms with E-state index in [0.717, 1.165) is 50.3 Å². The van der Waals surface area contributed by atoms with Crippen LogP contribution in [0.4, 0.5) is 4.79 Å². The average molecular weight is 363 g/mol. The molecule has 1 saturated heterocycles. The number of carbonyl (C=O) groups excluding carboxylic acids is 1. The van der Waals surface area contributed by atoms with Crippen molar-refractivity contribution < 1.29 is 14.3 Å². The zero-order valence-corrected chi connectivity index (χ0v) is 15.0. The number of rotatable bonds is 11. The Balaban J connectivity index is 2.15. The van der Waals surface area contributed by atoms with Gasteiger partial charge in [0, 0.05) is 5.33 Å². The number of alkyl halides is 1. The second-order valence-electron chi connectivity index (χ2n) is 6.05. The van der Waals surface area contributed by atoms with E-state index in [1.54, 1.807) is 0 Å². The molecule has 0 radical (unpaired) electrons. The molecule has 124 valence electrons. The molecular weight excluding hydrogens is 332 g/mol. The number of halogens is 1. The molecule has 2 atom stereocenters. The van der Waals surface area contributed by atoms with Crippen molar-refractivity contribution in [2.24, 2.45) is 0 Å². The van der Waals surface area contributed by atoms with Crippen molar-refractivity contribution in [2.45, 2.75) is 96.2 Å². The topological polar surface area (TPSA) is 35.5 Å². The summed E-state index contributed by atoms with van der Waals surface area (Å²) in [5.41, 5.74) is 0. The van der Waals surface area contributed by atoms with Gasteiger partial charge in [0.1, 0.15) is 12.2 Å². The Morgan fingerprint density at radius 2 is 1.43 bits per heavy atom. The Morgan fingerprint density at radius 3 is 2.00 bits per heavy atom. The third-order valence-electron chi connectivity index (χ3n) is 4.13. The molecule has 4 heteroatoms. The predicted molar refractivity (Wildman–Crippen MR) is 90.0 cm³/mol. The molecular formula is C17H31BrO3. The summed E-state index contributed by atoms with van der Waals surface area (Å²) in [4.78, 5) is 11.7. The second-order valence-corrected chi connectivity index (χ2v) is 6.84. The lowest BCUT2D eigenvalue weighted by Crippen LogP contribution is -2.17.